The van der Waals surface area contributed by atoms with Crippen molar-refractivity contribution in [1.29, 1.82) is 0 Å². The van der Waals surface area contributed by atoms with Crippen molar-refractivity contribution < 1.29 is 15.0 Å². The van der Waals surface area contributed by atoms with Crippen molar-refractivity contribution in [2.24, 2.45) is 0 Å². The van der Waals surface area contributed by atoms with E-state index in [0.717, 1.165) is 70.6 Å². The first-order valence-electron chi connectivity index (χ1n) is 20.8. The van der Waals surface area contributed by atoms with Crippen molar-refractivity contribution in [3.05, 3.63) is 85.1 Å². The van der Waals surface area contributed by atoms with Gasteiger partial charge in [0.2, 0.25) is 5.91 Å². The summed E-state index contributed by atoms with van der Waals surface area (Å²) in [6.07, 6.45) is 59.5. The van der Waals surface area contributed by atoms with Crippen LogP contribution in [0.4, 0.5) is 0 Å². The van der Waals surface area contributed by atoms with Crippen molar-refractivity contribution in [2.75, 3.05) is 6.61 Å². The molecule has 286 valence electrons. The molecule has 50 heavy (non-hydrogen) atoms. The standard InChI is InChI=1S/C46H79NO3/c1-3-5-7-9-11-12-13-14-15-16-17-18-19-20-21-22-23-24-25-26-27-28-29-30-31-32-33-34-36-38-40-42-46(50)47-44(43-48)45(49)41-39-37-35-10-8-6-4-2/h5,7,11-12,14-15,17-18,20-21,23-24,26-27,44-45,48-49H,3-4,6,8-10,13,16,19,22,25,28-43H2,1-2H3,(H,47,50)/b7-5-,12-11-,15-14-,18-17-,21-20-,24-23-,27-26-. The lowest BCUT2D eigenvalue weighted by Gasteiger charge is -2.22. The quantitative estimate of drug-likeness (QED) is 0.0452. The van der Waals surface area contributed by atoms with Crippen molar-refractivity contribution in [2.45, 2.75) is 193 Å². The average molecular weight is 694 g/mol. The lowest BCUT2D eigenvalue weighted by Crippen LogP contribution is -2.45. The molecule has 4 heteroatoms. The monoisotopic (exact) mass is 694 g/mol. The molecule has 0 saturated heterocycles. The first-order chi connectivity index (χ1) is 24.7. The maximum Gasteiger partial charge on any atom is 0.220 e. The highest BCUT2D eigenvalue weighted by atomic mass is 16.3. The minimum absolute atomic E-state index is 0.0472. The summed E-state index contributed by atoms with van der Waals surface area (Å²) < 4.78 is 0. The molecular formula is C46H79NO3. The highest BCUT2D eigenvalue weighted by Crippen LogP contribution is 2.13. The Labute approximate surface area is 310 Å². The summed E-state index contributed by atoms with van der Waals surface area (Å²) in [4.78, 5) is 12.3. The Bertz CT molecular complexity index is 926. The zero-order chi connectivity index (χ0) is 36.4. The van der Waals surface area contributed by atoms with E-state index in [4.69, 9.17) is 0 Å². The van der Waals surface area contributed by atoms with Gasteiger partial charge in [-0.25, -0.2) is 0 Å². The summed E-state index contributed by atoms with van der Waals surface area (Å²) in [6, 6.07) is -0.541. The van der Waals surface area contributed by atoms with Gasteiger partial charge in [-0.3, -0.25) is 4.79 Å². The van der Waals surface area contributed by atoms with Gasteiger partial charge in [0, 0.05) is 6.42 Å². The minimum atomic E-state index is -0.663. The van der Waals surface area contributed by atoms with Gasteiger partial charge in [0.15, 0.2) is 0 Å². The summed E-state index contributed by atoms with van der Waals surface area (Å²) in [5.41, 5.74) is 0. The lowest BCUT2D eigenvalue weighted by molar-refractivity contribution is -0.123. The maximum atomic E-state index is 12.3. The predicted molar refractivity (Wildman–Crippen MR) is 220 cm³/mol. The van der Waals surface area contributed by atoms with Gasteiger partial charge in [-0.05, 0) is 70.6 Å². The summed E-state index contributed by atoms with van der Waals surface area (Å²) in [5, 5.41) is 22.9. The van der Waals surface area contributed by atoms with E-state index in [1.165, 1.54) is 83.5 Å². The van der Waals surface area contributed by atoms with E-state index in [9.17, 15) is 15.0 Å². The first-order valence-corrected chi connectivity index (χ1v) is 20.8. The second-order valence-corrected chi connectivity index (χ2v) is 13.7. The van der Waals surface area contributed by atoms with Crippen molar-refractivity contribution >= 4 is 5.91 Å². The molecule has 0 bridgehead atoms. The van der Waals surface area contributed by atoms with Gasteiger partial charge in [-0.2, -0.15) is 0 Å². The molecule has 0 aromatic rings. The van der Waals surface area contributed by atoms with Crippen LogP contribution >= 0.6 is 0 Å². The number of aliphatic hydroxyl groups is 2. The smallest absolute Gasteiger partial charge is 0.220 e. The molecule has 4 nitrogen and oxygen atoms in total. The molecule has 0 rings (SSSR count). The number of rotatable bonds is 36. The van der Waals surface area contributed by atoms with E-state index in [1.54, 1.807) is 0 Å². The van der Waals surface area contributed by atoms with E-state index >= 15 is 0 Å². The highest BCUT2D eigenvalue weighted by molar-refractivity contribution is 5.76. The predicted octanol–water partition coefficient (Wildman–Crippen LogP) is 12.9. The summed E-state index contributed by atoms with van der Waals surface area (Å²) in [5.74, 6) is -0.0472. The highest BCUT2D eigenvalue weighted by Gasteiger charge is 2.19. The normalized spacial score (nSPS) is 13.9. The Kier molecular flexibility index (Phi) is 39.0. The average Bonchev–Trinajstić information content (AvgIpc) is 3.12. The third-order valence-electron chi connectivity index (χ3n) is 8.92. The summed E-state index contributed by atoms with van der Waals surface area (Å²) in [6.45, 7) is 4.18. The van der Waals surface area contributed by atoms with Crippen molar-refractivity contribution in [1.82, 2.24) is 5.32 Å². The van der Waals surface area contributed by atoms with Crippen molar-refractivity contribution in [3.63, 3.8) is 0 Å². The number of amides is 1. The Morgan fingerprint density at radius 3 is 1.32 bits per heavy atom. The van der Waals surface area contributed by atoms with Crippen LogP contribution in [-0.2, 0) is 4.79 Å². The molecule has 1 amide bonds. The third-order valence-corrected chi connectivity index (χ3v) is 8.92. The molecule has 0 heterocycles. The van der Waals surface area contributed by atoms with Crippen LogP contribution in [0.3, 0.4) is 0 Å². The molecule has 0 aromatic carbocycles. The van der Waals surface area contributed by atoms with Gasteiger partial charge in [0.05, 0.1) is 18.8 Å². The number of aliphatic hydroxyl groups excluding tert-OH is 2. The van der Waals surface area contributed by atoms with Crippen LogP contribution in [0, 0.1) is 0 Å². The minimum Gasteiger partial charge on any atom is -0.394 e. The largest absolute Gasteiger partial charge is 0.394 e. The van der Waals surface area contributed by atoms with Gasteiger partial charge in [-0.15, -0.1) is 0 Å². The molecule has 0 aromatic heterocycles. The number of allylic oxidation sites excluding steroid dienone is 14. The zero-order valence-corrected chi connectivity index (χ0v) is 32.6. The van der Waals surface area contributed by atoms with Crippen LogP contribution < -0.4 is 5.32 Å². The van der Waals surface area contributed by atoms with Gasteiger partial charge >= 0.3 is 0 Å². The topological polar surface area (TPSA) is 69.6 Å². The zero-order valence-electron chi connectivity index (χ0n) is 32.6. The van der Waals surface area contributed by atoms with Gasteiger partial charge in [0.25, 0.3) is 0 Å². The lowest BCUT2D eigenvalue weighted by atomic mass is 10.0. The molecule has 0 fully saturated rings. The Balaban J connectivity index is 3.57. The SMILES string of the molecule is CC/C=C\C/C=C\C/C=C\C/C=C\C/C=C\C/C=C\C/C=C\CCCCCCCCCCCC(=O)NC(CO)C(O)CCCCCCCCC. The molecule has 2 atom stereocenters. The van der Waals surface area contributed by atoms with E-state index < -0.39 is 12.1 Å². The van der Waals surface area contributed by atoms with E-state index in [1.807, 2.05) is 0 Å². The van der Waals surface area contributed by atoms with Crippen LogP contribution in [0.2, 0.25) is 0 Å². The van der Waals surface area contributed by atoms with Crippen LogP contribution in [-0.4, -0.2) is 34.9 Å². The molecule has 0 aliphatic rings. The number of hydrogen-bond acceptors (Lipinski definition) is 3. The number of hydrogen-bond donors (Lipinski definition) is 3. The number of carbonyl (C=O) groups excluding carboxylic acids is 1. The van der Waals surface area contributed by atoms with Crippen LogP contribution in [0.1, 0.15) is 181 Å². The maximum absolute atomic E-state index is 12.3. The van der Waals surface area contributed by atoms with Gasteiger partial charge in [-0.1, -0.05) is 189 Å². The third kappa shape index (κ3) is 36.8. The summed E-state index contributed by atoms with van der Waals surface area (Å²) in [7, 11) is 0. The molecule has 3 N–H and O–H groups in total. The summed E-state index contributed by atoms with van der Waals surface area (Å²) >= 11 is 0. The van der Waals surface area contributed by atoms with E-state index in [-0.39, 0.29) is 12.5 Å². The Morgan fingerprint density at radius 2 is 0.880 bits per heavy atom. The molecule has 0 radical (unpaired) electrons. The van der Waals surface area contributed by atoms with Crippen molar-refractivity contribution in [3.8, 4) is 0 Å². The fourth-order valence-electron chi connectivity index (χ4n) is 5.75. The first kappa shape index (κ1) is 47.6. The van der Waals surface area contributed by atoms with Gasteiger partial charge in [0.1, 0.15) is 0 Å². The fourth-order valence-corrected chi connectivity index (χ4v) is 5.75. The van der Waals surface area contributed by atoms with Gasteiger partial charge < -0.3 is 15.5 Å². The fraction of sp³-hybridized carbons (Fsp3) is 0.674. The molecule has 2 unspecified atom stereocenters. The van der Waals surface area contributed by atoms with Crippen LogP contribution in [0.25, 0.3) is 0 Å². The molecule has 0 aliphatic heterocycles. The second-order valence-electron chi connectivity index (χ2n) is 13.7. The van der Waals surface area contributed by atoms with E-state index in [0.29, 0.717) is 12.8 Å². The van der Waals surface area contributed by atoms with Crippen LogP contribution in [0.15, 0.2) is 85.1 Å². The molecule has 0 saturated carbocycles. The Hall–Kier alpha value is -2.43. The number of nitrogens with one attached hydrogen (secondary N) is 1. The Morgan fingerprint density at radius 1 is 0.500 bits per heavy atom. The van der Waals surface area contributed by atoms with Crippen LogP contribution in [0.5, 0.6) is 0 Å². The number of unbranched alkanes of at least 4 members (excludes halogenated alkanes) is 15. The second kappa shape index (κ2) is 41.0. The molecule has 0 spiro atoms. The molecule has 0 aliphatic carbocycles. The number of carbonyl (C=O) groups is 1. The molecular weight excluding hydrogens is 615 g/mol. The van der Waals surface area contributed by atoms with E-state index in [2.05, 4.69) is 104 Å².